The van der Waals surface area contributed by atoms with Crippen LogP contribution in [0.3, 0.4) is 0 Å². The van der Waals surface area contributed by atoms with Crippen molar-refractivity contribution in [3.8, 4) is 0 Å². The number of aliphatic hydroxyl groups excluding tert-OH is 1. The van der Waals surface area contributed by atoms with Gasteiger partial charge in [-0.3, -0.25) is 0 Å². The molecular formula is C28H32N2OS. The molecular weight excluding hydrogens is 412 g/mol. The standard InChI is InChI=1S/C28H32N2OS/c1-18(2)21-14-10-15-22(19(3)4)27(21)30-26(20-11-6-5-7-12-20)28-29-24(17-32-28)23-13-8-9-16-25(23)31/h5-19,23,25-26,30-31H,1-4H3. The maximum absolute atomic E-state index is 10.4. The first-order chi connectivity index (χ1) is 15.5. The lowest BCUT2D eigenvalue weighted by Gasteiger charge is -2.26. The van der Waals surface area contributed by atoms with Crippen molar-refractivity contribution in [2.24, 2.45) is 0 Å². The Morgan fingerprint density at radius 1 is 0.875 bits per heavy atom. The first kappa shape index (κ1) is 22.5. The van der Waals surface area contributed by atoms with Crippen LogP contribution >= 0.6 is 11.3 Å². The summed E-state index contributed by atoms with van der Waals surface area (Å²) in [6, 6.07) is 17.1. The van der Waals surface area contributed by atoms with Crippen LogP contribution in [0.4, 0.5) is 5.69 Å². The van der Waals surface area contributed by atoms with Gasteiger partial charge < -0.3 is 10.4 Å². The van der Waals surface area contributed by atoms with Gasteiger partial charge in [0.2, 0.25) is 0 Å². The molecule has 32 heavy (non-hydrogen) atoms. The molecule has 0 saturated heterocycles. The monoisotopic (exact) mass is 444 g/mol. The van der Waals surface area contributed by atoms with Crippen LogP contribution in [0.25, 0.3) is 0 Å². The Kier molecular flexibility index (Phi) is 6.92. The van der Waals surface area contributed by atoms with Gasteiger partial charge in [-0.2, -0.15) is 0 Å². The molecule has 1 aromatic heterocycles. The summed E-state index contributed by atoms with van der Waals surface area (Å²) in [5, 5.41) is 17.4. The van der Waals surface area contributed by atoms with Crippen LogP contribution in [0, 0.1) is 0 Å². The molecule has 0 saturated carbocycles. The van der Waals surface area contributed by atoms with Crippen molar-refractivity contribution in [2.75, 3.05) is 5.32 Å². The van der Waals surface area contributed by atoms with E-state index in [0.717, 1.165) is 10.7 Å². The van der Waals surface area contributed by atoms with Gasteiger partial charge in [0.15, 0.2) is 0 Å². The Balaban J connectivity index is 1.77. The average Bonchev–Trinajstić information content (AvgIpc) is 3.27. The Hall–Kier alpha value is -2.69. The van der Waals surface area contributed by atoms with Crippen molar-refractivity contribution >= 4 is 17.0 Å². The van der Waals surface area contributed by atoms with Crippen molar-refractivity contribution < 1.29 is 5.11 Å². The lowest BCUT2D eigenvalue weighted by molar-refractivity contribution is 0.204. The highest BCUT2D eigenvalue weighted by Crippen LogP contribution is 2.38. The van der Waals surface area contributed by atoms with Crippen LogP contribution in [0.15, 0.2) is 78.2 Å². The molecule has 3 aromatic rings. The summed E-state index contributed by atoms with van der Waals surface area (Å²) in [5.41, 5.74) is 5.96. The lowest BCUT2D eigenvalue weighted by Crippen LogP contribution is -2.18. The largest absolute Gasteiger partial charge is 0.388 e. The van der Waals surface area contributed by atoms with Gasteiger partial charge in [-0.15, -0.1) is 11.3 Å². The van der Waals surface area contributed by atoms with Crippen molar-refractivity contribution in [3.63, 3.8) is 0 Å². The number of nitrogens with one attached hydrogen (secondary N) is 1. The van der Waals surface area contributed by atoms with E-state index in [1.165, 1.54) is 22.4 Å². The first-order valence-electron chi connectivity index (χ1n) is 11.4. The Morgan fingerprint density at radius 3 is 2.16 bits per heavy atom. The van der Waals surface area contributed by atoms with Crippen LogP contribution in [0.1, 0.15) is 78.9 Å². The van der Waals surface area contributed by atoms with Gasteiger partial charge in [0.05, 0.1) is 17.7 Å². The van der Waals surface area contributed by atoms with Gasteiger partial charge in [0.25, 0.3) is 0 Å². The summed E-state index contributed by atoms with van der Waals surface area (Å²) in [7, 11) is 0. The van der Waals surface area contributed by atoms with E-state index >= 15 is 0 Å². The quantitative estimate of drug-likeness (QED) is 0.406. The predicted molar refractivity (Wildman–Crippen MR) is 136 cm³/mol. The highest BCUT2D eigenvalue weighted by molar-refractivity contribution is 7.09. The molecule has 1 heterocycles. The zero-order valence-electron chi connectivity index (χ0n) is 19.2. The number of hydrogen-bond acceptors (Lipinski definition) is 4. The second-order valence-electron chi connectivity index (χ2n) is 9.01. The minimum Gasteiger partial charge on any atom is -0.388 e. The maximum Gasteiger partial charge on any atom is 0.120 e. The fourth-order valence-electron chi connectivity index (χ4n) is 4.25. The maximum atomic E-state index is 10.4. The number of aromatic nitrogens is 1. The van der Waals surface area contributed by atoms with Crippen molar-refractivity contribution in [2.45, 2.75) is 57.6 Å². The number of anilines is 1. The second kappa shape index (κ2) is 9.85. The van der Waals surface area contributed by atoms with Crippen molar-refractivity contribution in [1.29, 1.82) is 0 Å². The Labute approximate surface area is 195 Å². The Morgan fingerprint density at radius 2 is 1.53 bits per heavy atom. The molecule has 0 spiro atoms. The van der Waals surface area contributed by atoms with E-state index in [2.05, 4.69) is 80.9 Å². The minimum atomic E-state index is -0.535. The Bertz CT molecular complexity index is 1070. The van der Waals surface area contributed by atoms with Crippen LogP contribution < -0.4 is 5.32 Å². The normalized spacial score (nSPS) is 19.0. The summed E-state index contributed by atoms with van der Waals surface area (Å²) in [4.78, 5) is 5.02. The fourth-order valence-corrected chi connectivity index (χ4v) is 5.19. The lowest BCUT2D eigenvalue weighted by atomic mass is 9.92. The number of hydrogen-bond donors (Lipinski definition) is 2. The van der Waals surface area contributed by atoms with Crippen molar-refractivity contribution in [1.82, 2.24) is 4.98 Å². The molecule has 0 bridgehead atoms. The van der Waals surface area contributed by atoms with Crippen LogP contribution in [-0.2, 0) is 0 Å². The molecule has 166 valence electrons. The number of aliphatic hydroxyl groups is 1. The number of benzene rings is 2. The molecule has 0 amide bonds. The third kappa shape index (κ3) is 4.72. The number of rotatable bonds is 7. The molecule has 3 unspecified atom stereocenters. The molecule has 4 rings (SSSR count). The molecule has 0 radical (unpaired) electrons. The third-order valence-corrected chi connectivity index (χ3v) is 6.96. The van der Waals surface area contributed by atoms with Gasteiger partial charge in [-0.25, -0.2) is 4.98 Å². The SMILES string of the molecule is CC(C)c1cccc(C(C)C)c1NC(c1ccccc1)c1nc(C2C=CC=CC2O)cs1. The highest BCUT2D eigenvalue weighted by Gasteiger charge is 2.25. The van der Waals surface area contributed by atoms with Crippen LogP contribution in [0.5, 0.6) is 0 Å². The van der Waals surface area contributed by atoms with Gasteiger partial charge >= 0.3 is 0 Å². The number of nitrogens with zero attached hydrogens (tertiary/aromatic N) is 1. The van der Waals surface area contributed by atoms with Gasteiger partial charge in [-0.05, 0) is 28.5 Å². The smallest absolute Gasteiger partial charge is 0.120 e. The third-order valence-electron chi connectivity index (χ3n) is 6.03. The van der Waals surface area contributed by atoms with Crippen LogP contribution in [-0.4, -0.2) is 16.2 Å². The second-order valence-corrected chi connectivity index (χ2v) is 9.90. The van der Waals surface area contributed by atoms with E-state index in [1.807, 2.05) is 30.4 Å². The molecule has 1 aliphatic carbocycles. The predicted octanol–water partition coefficient (Wildman–Crippen LogP) is 7.16. The average molecular weight is 445 g/mol. The zero-order chi connectivity index (χ0) is 22.7. The minimum absolute atomic E-state index is 0.0624. The van der Waals surface area contributed by atoms with Crippen molar-refractivity contribution in [3.05, 3.63) is 106 Å². The molecule has 0 aliphatic heterocycles. The van der Waals surface area contributed by atoms with E-state index in [1.54, 1.807) is 11.3 Å². The number of allylic oxidation sites excluding steroid dienone is 2. The molecule has 3 nitrogen and oxygen atoms in total. The van der Waals surface area contributed by atoms with E-state index in [4.69, 9.17) is 4.98 Å². The molecule has 2 aromatic carbocycles. The van der Waals surface area contributed by atoms with Gasteiger partial charge in [0, 0.05) is 11.1 Å². The van der Waals surface area contributed by atoms with Gasteiger partial charge in [-0.1, -0.05) is 101 Å². The summed E-state index contributed by atoms with van der Waals surface area (Å²) in [6.07, 6.45) is 7.19. The molecule has 1 aliphatic rings. The topological polar surface area (TPSA) is 45.2 Å². The molecule has 0 fully saturated rings. The summed E-state index contributed by atoms with van der Waals surface area (Å²) in [5.74, 6) is 0.721. The zero-order valence-corrected chi connectivity index (χ0v) is 20.0. The van der Waals surface area contributed by atoms with E-state index < -0.39 is 6.10 Å². The highest BCUT2D eigenvalue weighted by atomic mass is 32.1. The van der Waals surface area contributed by atoms with E-state index in [0.29, 0.717) is 11.8 Å². The molecule has 4 heteroatoms. The molecule has 2 N–H and O–H groups in total. The summed E-state index contributed by atoms with van der Waals surface area (Å²) < 4.78 is 0. The molecule has 3 atom stereocenters. The van der Waals surface area contributed by atoms with E-state index in [9.17, 15) is 5.11 Å². The number of para-hydroxylation sites is 1. The van der Waals surface area contributed by atoms with Crippen LogP contribution in [0.2, 0.25) is 0 Å². The number of thiazole rings is 1. The summed E-state index contributed by atoms with van der Waals surface area (Å²) in [6.45, 7) is 8.98. The van der Waals surface area contributed by atoms with E-state index in [-0.39, 0.29) is 12.0 Å². The summed E-state index contributed by atoms with van der Waals surface area (Å²) >= 11 is 1.65. The van der Waals surface area contributed by atoms with Gasteiger partial charge in [0.1, 0.15) is 11.0 Å². The first-order valence-corrected chi connectivity index (χ1v) is 12.3. The fraction of sp³-hybridized carbons (Fsp3) is 0.321.